The van der Waals surface area contributed by atoms with Crippen LogP contribution in [0.2, 0.25) is 0 Å². The van der Waals surface area contributed by atoms with Crippen molar-refractivity contribution in [2.24, 2.45) is 16.3 Å². The summed E-state index contributed by atoms with van der Waals surface area (Å²) < 4.78 is 0. The fourth-order valence-corrected chi connectivity index (χ4v) is 4.45. The molecule has 2 heterocycles. The average Bonchev–Trinajstić information content (AvgIpc) is 3.04. The standard InChI is InChI=1S/C15H26N4O2/c1-18-11-4-5-12(18)10-19(9-6-11)14(20)15(13(16)17-21)7-2-3-8-15/h11-12,21H,2-10H2,1H3,(H2,16,17). The largest absolute Gasteiger partial charge is 0.409 e. The SMILES string of the molecule is CN1C2CCC1CN(C(=O)C1(C(N)=NO)CCCC1)CC2. The first-order valence-corrected chi connectivity index (χ1v) is 8.08. The fraction of sp³-hybridized carbons (Fsp3) is 0.867. The van der Waals surface area contributed by atoms with Crippen LogP contribution in [0, 0.1) is 5.41 Å². The van der Waals surface area contributed by atoms with Crippen molar-refractivity contribution in [1.29, 1.82) is 0 Å². The van der Waals surface area contributed by atoms with E-state index in [0.717, 1.165) is 32.4 Å². The molecule has 2 bridgehead atoms. The maximum absolute atomic E-state index is 13.1. The molecule has 0 radical (unpaired) electrons. The summed E-state index contributed by atoms with van der Waals surface area (Å²) in [5.74, 6) is 0.184. The lowest BCUT2D eigenvalue weighted by Gasteiger charge is -2.34. The van der Waals surface area contributed by atoms with Gasteiger partial charge in [-0.2, -0.15) is 0 Å². The maximum atomic E-state index is 13.1. The summed E-state index contributed by atoms with van der Waals surface area (Å²) in [4.78, 5) is 17.5. The van der Waals surface area contributed by atoms with Crippen LogP contribution in [0.3, 0.4) is 0 Å². The van der Waals surface area contributed by atoms with E-state index in [0.29, 0.717) is 24.9 Å². The van der Waals surface area contributed by atoms with Crippen molar-refractivity contribution in [3.8, 4) is 0 Å². The molecule has 118 valence electrons. The highest BCUT2D eigenvalue weighted by molar-refractivity contribution is 6.07. The Morgan fingerprint density at radius 1 is 1.24 bits per heavy atom. The minimum absolute atomic E-state index is 0.0799. The molecule has 2 unspecified atom stereocenters. The number of carbonyl (C=O) groups excluding carboxylic acids is 1. The molecule has 0 spiro atoms. The third kappa shape index (κ3) is 2.29. The number of oxime groups is 1. The third-order valence-corrected chi connectivity index (χ3v) is 5.90. The van der Waals surface area contributed by atoms with E-state index in [-0.39, 0.29) is 11.7 Å². The number of hydrogen-bond acceptors (Lipinski definition) is 4. The number of hydrogen-bond donors (Lipinski definition) is 2. The number of nitrogens with two attached hydrogens (primary N) is 1. The minimum atomic E-state index is -0.753. The number of nitrogens with zero attached hydrogens (tertiary/aromatic N) is 3. The highest BCUT2D eigenvalue weighted by atomic mass is 16.4. The molecule has 21 heavy (non-hydrogen) atoms. The van der Waals surface area contributed by atoms with Crippen molar-refractivity contribution in [3.05, 3.63) is 0 Å². The molecule has 3 rings (SSSR count). The Balaban J connectivity index is 1.81. The van der Waals surface area contributed by atoms with Gasteiger partial charge in [-0.3, -0.25) is 9.69 Å². The maximum Gasteiger partial charge on any atom is 0.236 e. The van der Waals surface area contributed by atoms with Gasteiger partial charge >= 0.3 is 0 Å². The quantitative estimate of drug-likeness (QED) is 0.344. The molecule has 0 aromatic heterocycles. The second-order valence-corrected chi connectivity index (χ2v) is 6.86. The third-order valence-electron chi connectivity index (χ3n) is 5.90. The molecule has 2 aliphatic heterocycles. The lowest BCUT2D eigenvalue weighted by molar-refractivity contribution is -0.138. The summed E-state index contributed by atoms with van der Waals surface area (Å²) in [5.41, 5.74) is 5.15. The van der Waals surface area contributed by atoms with Crippen LogP contribution in [-0.4, -0.2) is 59.0 Å². The Bertz CT molecular complexity index is 445. The van der Waals surface area contributed by atoms with E-state index in [1.807, 2.05) is 4.90 Å². The summed E-state index contributed by atoms with van der Waals surface area (Å²) in [6, 6.07) is 1.07. The fourth-order valence-electron chi connectivity index (χ4n) is 4.45. The Morgan fingerprint density at radius 2 is 1.90 bits per heavy atom. The van der Waals surface area contributed by atoms with E-state index >= 15 is 0 Å². The van der Waals surface area contributed by atoms with E-state index in [4.69, 9.17) is 10.9 Å². The van der Waals surface area contributed by atoms with E-state index in [1.165, 1.54) is 12.8 Å². The van der Waals surface area contributed by atoms with Gasteiger partial charge in [0.15, 0.2) is 5.84 Å². The van der Waals surface area contributed by atoms with Gasteiger partial charge in [-0.25, -0.2) is 0 Å². The Labute approximate surface area is 125 Å². The number of carbonyl (C=O) groups is 1. The normalized spacial score (nSPS) is 33.2. The van der Waals surface area contributed by atoms with Crippen molar-refractivity contribution >= 4 is 11.7 Å². The van der Waals surface area contributed by atoms with Crippen LogP contribution in [0.25, 0.3) is 0 Å². The van der Waals surface area contributed by atoms with E-state index in [1.54, 1.807) is 0 Å². The lowest BCUT2D eigenvalue weighted by Crippen LogP contribution is -2.52. The highest BCUT2D eigenvalue weighted by Crippen LogP contribution is 2.41. The number of likely N-dealkylation sites (tertiary alicyclic amines) is 1. The van der Waals surface area contributed by atoms with Crippen LogP contribution in [-0.2, 0) is 4.79 Å². The van der Waals surface area contributed by atoms with Crippen LogP contribution in [0.15, 0.2) is 5.16 Å². The summed E-state index contributed by atoms with van der Waals surface area (Å²) in [6.07, 6.45) is 6.81. The van der Waals surface area contributed by atoms with Crippen molar-refractivity contribution in [2.45, 2.75) is 57.0 Å². The predicted octanol–water partition coefficient (Wildman–Crippen LogP) is 0.988. The topological polar surface area (TPSA) is 82.2 Å². The Morgan fingerprint density at radius 3 is 2.57 bits per heavy atom. The van der Waals surface area contributed by atoms with Gasteiger partial charge in [0, 0.05) is 25.2 Å². The van der Waals surface area contributed by atoms with Gasteiger partial charge in [0.05, 0.1) is 0 Å². The molecule has 2 atom stereocenters. The number of amides is 1. The molecule has 6 heteroatoms. The zero-order chi connectivity index (χ0) is 15.0. The molecule has 0 aromatic carbocycles. The van der Waals surface area contributed by atoms with Gasteiger partial charge in [0.25, 0.3) is 0 Å². The first kappa shape index (κ1) is 14.6. The Hall–Kier alpha value is -1.30. The van der Waals surface area contributed by atoms with Crippen LogP contribution in [0.4, 0.5) is 0 Å². The number of amidine groups is 1. The molecular weight excluding hydrogens is 268 g/mol. The van der Waals surface area contributed by atoms with Gasteiger partial charge < -0.3 is 15.8 Å². The highest BCUT2D eigenvalue weighted by Gasteiger charge is 2.49. The zero-order valence-electron chi connectivity index (χ0n) is 12.8. The van der Waals surface area contributed by atoms with Gasteiger partial charge in [0.1, 0.15) is 5.41 Å². The summed E-state index contributed by atoms with van der Waals surface area (Å²) in [7, 11) is 2.17. The monoisotopic (exact) mass is 294 g/mol. The van der Waals surface area contributed by atoms with Crippen LogP contribution in [0.5, 0.6) is 0 Å². The molecule has 3 aliphatic rings. The molecule has 6 nitrogen and oxygen atoms in total. The molecule has 3 N–H and O–H groups in total. The van der Waals surface area contributed by atoms with E-state index in [9.17, 15) is 4.79 Å². The van der Waals surface area contributed by atoms with E-state index in [2.05, 4.69) is 17.1 Å². The predicted molar refractivity (Wildman–Crippen MR) is 80.1 cm³/mol. The van der Waals surface area contributed by atoms with Gasteiger partial charge in [-0.15, -0.1) is 0 Å². The second-order valence-electron chi connectivity index (χ2n) is 6.86. The molecule has 1 aliphatic carbocycles. The summed E-state index contributed by atoms with van der Waals surface area (Å²) >= 11 is 0. The van der Waals surface area contributed by atoms with Crippen LogP contribution in [0.1, 0.15) is 44.9 Å². The molecule has 3 fully saturated rings. The summed E-state index contributed by atoms with van der Waals surface area (Å²) in [6.45, 7) is 1.58. The molecule has 1 saturated carbocycles. The van der Waals surface area contributed by atoms with Crippen molar-refractivity contribution in [2.75, 3.05) is 20.1 Å². The van der Waals surface area contributed by atoms with Crippen LogP contribution < -0.4 is 5.73 Å². The van der Waals surface area contributed by atoms with E-state index < -0.39 is 5.41 Å². The number of likely N-dealkylation sites (N-methyl/N-ethyl adjacent to an activating group) is 1. The van der Waals surface area contributed by atoms with Gasteiger partial charge in [0.2, 0.25) is 5.91 Å². The lowest BCUT2D eigenvalue weighted by atomic mass is 9.83. The Kier molecular flexibility index (Phi) is 3.82. The molecule has 0 aromatic rings. The smallest absolute Gasteiger partial charge is 0.236 e. The van der Waals surface area contributed by atoms with Crippen LogP contribution >= 0.6 is 0 Å². The first-order valence-electron chi connectivity index (χ1n) is 8.08. The average molecular weight is 294 g/mol. The summed E-state index contributed by atoms with van der Waals surface area (Å²) in [5, 5.41) is 12.3. The van der Waals surface area contributed by atoms with Gasteiger partial charge in [-0.05, 0) is 39.2 Å². The van der Waals surface area contributed by atoms with Crippen molar-refractivity contribution in [1.82, 2.24) is 9.80 Å². The van der Waals surface area contributed by atoms with Crippen molar-refractivity contribution < 1.29 is 10.0 Å². The van der Waals surface area contributed by atoms with Crippen molar-refractivity contribution in [3.63, 3.8) is 0 Å². The first-order chi connectivity index (χ1) is 10.1. The minimum Gasteiger partial charge on any atom is -0.409 e. The molecule has 1 amide bonds. The number of rotatable bonds is 2. The second kappa shape index (κ2) is 5.48. The van der Waals surface area contributed by atoms with Gasteiger partial charge in [-0.1, -0.05) is 18.0 Å². The molecule has 2 saturated heterocycles. The zero-order valence-corrected chi connectivity index (χ0v) is 12.8. The number of fused-ring (bicyclic) bond motifs is 2. The molecular formula is C15H26N4O2.